The van der Waals surface area contributed by atoms with Crippen molar-refractivity contribution in [2.24, 2.45) is 0 Å². The van der Waals surface area contributed by atoms with Crippen molar-refractivity contribution in [1.82, 2.24) is 0 Å². The standard InChI is InChI=1S/C13H10N2O7S/c16-12-7-9(15(19)20)4-5-11(12)14-23(21,22)10-3-1-2-8(6-10)13(17)18/h1-7,14,16H,(H,17,18)/p-1. The summed E-state index contributed by atoms with van der Waals surface area (Å²) in [6.07, 6.45) is 0. The Morgan fingerprint density at radius 3 is 2.43 bits per heavy atom. The molecule has 2 aromatic carbocycles. The van der Waals surface area contributed by atoms with E-state index in [-0.39, 0.29) is 16.1 Å². The zero-order chi connectivity index (χ0) is 17.2. The highest BCUT2D eigenvalue weighted by molar-refractivity contribution is 7.92. The number of nitrogens with one attached hydrogen (secondary N) is 1. The molecule has 0 aliphatic rings. The topological polar surface area (TPSA) is 150 Å². The van der Waals surface area contributed by atoms with Gasteiger partial charge in [-0.2, -0.15) is 0 Å². The van der Waals surface area contributed by atoms with Gasteiger partial charge in [0.1, 0.15) is 5.75 Å². The van der Waals surface area contributed by atoms with Crippen LogP contribution in [0.1, 0.15) is 10.4 Å². The van der Waals surface area contributed by atoms with Gasteiger partial charge in [-0.05, 0) is 23.8 Å². The number of carbonyl (C=O) groups excluding carboxylic acids is 1. The minimum atomic E-state index is -4.20. The monoisotopic (exact) mass is 337 g/mol. The molecule has 0 aromatic heterocycles. The molecule has 0 radical (unpaired) electrons. The second-order valence-electron chi connectivity index (χ2n) is 4.38. The van der Waals surface area contributed by atoms with Gasteiger partial charge in [-0.25, -0.2) is 8.42 Å². The summed E-state index contributed by atoms with van der Waals surface area (Å²) < 4.78 is 26.4. The van der Waals surface area contributed by atoms with Crippen molar-refractivity contribution >= 4 is 27.4 Å². The van der Waals surface area contributed by atoms with Crippen LogP contribution in [0.25, 0.3) is 0 Å². The number of sulfonamides is 1. The van der Waals surface area contributed by atoms with Crippen molar-refractivity contribution in [1.29, 1.82) is 0 Å². The predicted molar refractivity (Wildman–Crippen MR) is 76.3 cm³/mol. The first kappa shape index (κ1) is 16.2. The molecule has 2 rings (SSSR count). The average Bonchev–Trinajstić information content (AvgIpc) is 2.49. The molecule has 2 N–H and O–H groups in total. The van der Waals surface area contributed by atoms with Crippen molar-refractivity contribution in [3.63, 3.8) is 0 Å². The third kappa shape index (κ3) is 3.55. The summed E-state index contributed by atoms with van der Waals surface area (Å²) in [6, 6.07) is 7.24. The van der Waals surface area contributed by atoms with Gasteiger partial charge in [0.05, 0.1) is 27.5 Å². The van der Waals surface area contributed by atoms with Gasteiger partial charge >= 0.3 is 0 Å². The number of hydrogen-bond acceptors (Lipinski definition) is 7. The Morgan fingerprint density at radius 2 is 1.87 bits per heavy atom. The molecule has 120 valence electrons. The number of carboxylic acid groups (broad SMARTS) is 1. The lowest BCUT2D eigenvalue weighted by molar-refractivity contribution is -0.384. The number of non-ortho nitro benzene ring substituents is 1. The molecule has 0 aliphatic heterocycles. The van der Waals surface area contributed by atoms with Crippen molar-refractivity contribution in [3.8, 4) is 5.75 Å². The van der Waals surface area contributed by atoms with Gasteiger partial charge in [-0.3, -0.25) is 14.8 Å². The predicted octanol–water partition coefficient (Wildman–Crippen LogP) is 0.465. The Hall–Kier alpha value is -3.14. The highest BCUT2D eigenvalue weighted by Crippen LogP contribution is 2.29. The van der Waals surface area contributed by atoms with Crippen molar-refractivity contribution in [2.45, 2.75) is 4.90 Å². The zero-order valence-corrected chi connectivity index (χ0v) is 12.1. The van der Waals surface area contributed by atoms with Gasteiger partial charge in [-0.15, -0.1) is 0 Å². The van der Waals surface area contributed by atoms with Crippen LogP contribution in [0.2, 0.25) is 0 Å². The van der Waals surface area contributed by atoms with Gasteiger partial charge in [0.25, 0.3) is 15.7 Å². The second-order valence-corrected chi connectivity index (χ2v) is 6.06. The molecule has 9 nitrogen and oxygen atoms in total. The number of nitro benzene ring substituents is 1. The van der Waals surface area contributed by atoms with E-state index in [0.717, 1.165) is 36.4 Å². The Balaban J connectivity index is 2.37. The first-order chi connectivity index (χ1) is 10.7. The Labute approximate surface area is 130 Å². The van der Waals surface area contributed by atoms with Gasteiger partial charge in [-0.1, -0.05) is 12.1 Å². The van der Waals surface area contributed by atoms with E-state index in [9.17, 15) is 33.5 Å². The molecule has 0 unspecified atom stereocenters. The molecular formula is C13H9N2O7S-. The van der Waals surface area contributed by atoms with Gasteiger partial charge in [0.15, 0.2) is 0 Å². The van der Waals surface area contributed by atoms with Gasteiger partial charge in [0.2, 0.25) is 0 Å². The van der Waals surface area contributed by atoms with Crippen molar-refractivity contribution in [2.75, 3.05) is 4.72 Å². The molecule has 0 heterocycles. The number of rotatable bonds is 5. The third-order valence-corrected chi connectivity index (χ3v) is 4.18. The first-order valence-corrected chi connectivity index (χ1v) is 7.50. The van der Waals surface area contributed by atoms with Crippen LogP contribution in [-0.4, -0.2) is 24.4 Å². The summed E-state index contributed by atoms with van der Waals surface area (Å²) in [5.41, 5.74) is -1.03. The largest absolute Gasteiger partial charge is 0.545 e. The van der Waals surface area contributed by atoms with Crippen molar-refractivity contribution < 1.29 is 28.3 Å². The van der Waals surface area contributed by atoms with E-state index < -0.39 is 32.4 Å². The normalized spacial score (nSPS) is 11.0. The van der Waals surface area contributed by atoms with E-state index in [2.05, 4.69) is 0 Å². The summed E-state index contributed by atoms with van der Waals surface area (Å²) in [5, 5.41) is 31.0. The molecule has 0 saturated heterocycles. The van der Waals surface area contributed by atoms with Crippen LogP contribution in [0, 0.1) is 10.1 Å². The summed E-state index contributed by atoms with van der Waals surface area (Å²) in [6.45, 7) is 0. The van der Waals surface area contributed by atoms with E-state index in [1.165, 1.54) is 6.07 Å². The molecule has 0 spiro atoms. The zero-order valence-electron chi connectivity index (χ0n) is 11.3. The summed E-state index contributed by atoms with van der Waals surface area (Å²) >= 11 is 0. The molecule has 2 aromatic rings. The number of carbonyl (C=O) groups is 1. The van der Waals surface area contributed by atoms with E-state index in [1.807, 2.05) is 4.72 Å². The highest BCUT2D eigenvalue weighted by Gasteiger charge is 2.18. The molecule has 10 heteroatoms. The lowest BCUT2D eigenvalue weighted by Crippen LogP contribution is -2.23. The molecule has 0 fully saturated rings. The molecule has 0 amide bonds. The lowest BCUT2D eigenvalue weighted by Gasteiger charge is -2.11. The van der Waals surface area contributed by atoms with Crippen LogP contribution in [0.15, 0.2) is 47.4 Å². The van der Waals surface area contributed by atoms with E-state index in [4.69, 9.17) is 0 Å². The number of aromatic carboxylic acids is 1. The molecule has 0 bridgehead atoms. The minimum absolute atomic E-state index is 0.283. The number of nitrogens with zero attached hydrogens (tertiary/aromatic N) is 1. The Morgan fingerprint density at radius 1 is 1.17 bits per heavy atom. The van der Waals surface area contributed by atoms with E-state index in [1.54, 1.807) is 0 Å². The number of nitro groups is 1. The van der Waals surface area contributed by atoms with Crippen molar-refractivity contribution in [3.05, 3.63) is 58.1 Å². The molecule has 0 aliphatic carbocycles. The van der Waals surface area contributed by atoms with E-state index >= 15 is 0 Å². The number of aromatic hydroxyl groups is 1. The number of phenolic OH excluding ortho intramolecular Hbond substituents is 1. The summed E-state index contributed by atoms with van der Waals surface area (Å²) in [4.78, 5) is 20.2. The molecular weight excluding hydrogens is 328 g/mol. The van der Waals surface area contributed by atoms with Crippen LogP contribution in [-0.2, 0) is 10.0 Å². The lowest BCUT2D eigenvalue weighted by atomic mass is 10.2. The fourth-order valence-electron chi connectivity index (χ4n) is 1.71. The number of phenols is 1. The quantitative estimate of drug-likeness (QED) is 0.457. The Kier molecular flexibility index (Phi) is 4.18. The molecule has 23 heavy (non-hydrogen) atoms. The fraction of sp³-hybridized carbons (Fsp3) is 0. The molecule has 0 atom stereocenters. The average molecular weight is 337 g/mol. The number of anilines is 1. The number of hydrogen-bond donors (Lipinski definition) is 2. The minimum Gasteiger partial charge on any atom is -0.545 e. The maximum Gasteiger partial charge on any atom is 0.273 e. The van der Waals surface area contributed by atoms with Gasteiger partial charge < -0.3 is 15.0 Å². The number of benzene rings is 2. The summed E-state index contributed by atoms with van der Waals surface area (Å²) in [5.74, 6) is -2.18. The SMILES string of the molecule is O=C([O-])c1cccc(S(=O)(=O)Nc2ccc([N+](=O)[O-])cc2O)c1. The first-order valence-electron chi connectivity index (χ1n) is 6.02. The Bertz CT molecular complexity index is 893. The van der Waals surface area contributed by atoms with Crippen LogP contribution in [0.4, 0.5) is 11.4 Å². The maximum absolute atomic E-state index is 12.2. The maximum atomic E-state index is 12.2. The smallest absolute Gasteiger partial charge is 0.273 e. The molecule has 0 saturated carbocycles. The third-order valence-electron chi connectivity index (χ3n) is 2.82. The second kappa shape index (κ2) is 5.93. The van der Waals surface area contributed by atoms with Crippen LogP contribution in [0.5, 0.6) is 5.75 Å². The summed E-state index contributed by atoms with van der Waals surface area (Å²) in [7, 11) is -4.20. The van der Waals surface area contributed by atoms with E-state index in [0.29, 0.717) is 0 Å². The van der Waals surface area contributed by atoms with Crippen LogP contribution in [0.3, 0.4) is 0 Å². The highest BCUT2D eigenvalue weighted by atomic mass is 32.2. The van der Waals surface area contributed by atoms with Crippen LogP contribution >= 0.6 is 0 Å². The fourth-order valence-corrected chi connectivity index (χ4v) is 2.83. The van der Waals surface area contributed by atoms with Gasteiger partial charge in [0, 0.05) is 6.07 Å². The number of carboxylic acids is 1. The van der Waals surface area contributed by atoms with Crippen LogP contribution < -0.4 is 9.83 Å².